The molecular formula is C20H21N5O4. The fourth-order valence-corrected chi connectivity index (χ4v) is 3.03. The molecule has 0 spiro atoms. The van der Waals surface area contributed by atoms with Crippen molar-refractivity contribution in [1.29, 1.82) is 0 Å². The van der Waals surface area contributed by atoms with Crippen molar-refractivity contribution >= 4 is 11.6 Å². The van der Waals surface area contributed by atoms with Crippen LogP contribution in [0.15, 0.2) is 42.7 Å². The molecule has 9 heteroatoms. The second-order valence-corrected chi connectivity index (χ2v) is 6.61. The van der Waals surface area contributed by atoms with E-state index in [1.807, 2.05) is 18.2 Å². The minimum Gasteiger partial charge on any atom is -0.481 e. The molecule has 0 aliphatic carbocycles. The van der Waals surface area contributed by atoms with E-state index in [0.717, 1.165) is 24.1 Å². The maximum Gasteiger partial charge on any atom is 0.265 e. The number of ether oxygens (including phenoxy) is 3. The number of amides is 1. The van der Waals surface area contributed by atoms with Crippen molar-refractivity contribution in [2.45, 2.75) is 32.8 Å². The molecule has 1 atom stereocenters. The van der Waals surface area contributed by atoms with E-state index in [1.54, 1.807) is 25.1 Å². The number of anilines is 1. The van der Waals surface area contributed by atoms with Crippen LogP contribution in [0.4, 0.5) is 5.69 Å². The second kappa shape index (κ2) is 8.17. The topological polar surface area (TPSA) is 100 Å². The maximum atomic E-state index is 12.7. The van der Waals surface area contributed by atoms with Gasteiger partial charge in [0.1, 0.15) is 12.1 Å². The molecular weight excluding hydrogens is 374 g/mol. The highest BCUT2D eigenvalue weighted by molar-refractivity contribution is 5.95. The van der Waals surface area contributed by atoms with Crippen molar-refractivity contribution < 1.29 is 19.0 Å². The maximum absolute atomic E-state index is 12.7. The van der Waals surface area contributed by atoms with E-state index in [1.165, 1.54) is 11.0 Å². The van der Waals surface area contributed by atoms with Crippen LogP contribution >= 0.6 is 0 Å². The Morgan fingerprint density at radius 3 is 2.69 bits per heavy atom. The highest BCUT2D eigenvalue weighted by Crippen LogP contribution is 2.37. The van der Waals surface area contributed by atoms with E-state index in [4.69, 9.17) is 14.2 Å². The number of hydrogen-bond acceptors (Lipinski definition) is 7. The monoisotopic (exact) mass is 395 g/mol. The summed E-state index contributed by atoms with van der Waals surface area (Å²) in [7, 11) is 0. The summed E-state index contributed by atoms with van der Waals surface area (Å²) in [5.74, 6) is 1.67. The number of aryl methyl sites for hydroxylation is 1. The Morgan fingerprint density at radius 1 is 1.24 bits per heavy atom. The number of hydrogen-bond donors (Lipinski definition) is 1. The molecule has 1 aromatic heterocycles. The number of carbonyl (C=O) groups is 1. The summed E-state index contributed by atoms with van der Waals surface area (Å²) in [6.45, 7) is 3.98. The first-order chi connectivity index (χ1) is 14.1. The van der Waals surface area contributed by atoms with Gasteiger partial charge >= 0.3 is 0 Å². The smallest absolute Gasteiger partial charge is 0.265 e. The quantitative estimate of drug-likeness (QED) is 0.656. The van der Waals surface area contributed by atoms with Gasteiger partial charge in [0.15, 0.2) is 17.6 Å². The van der Waals surface area contributed by atoms with Gasteiger partial charge in [-0.25, -0.2) is 4.68 Å². The predicted octanol–water partition coefficient (Wildman–Crippen LogP) is 2.75. The van der Waals surface area contributed by atoms with Crippen molar-refractivity contribution in [3.05, 3.63) is 48.3 Å². The van der Waals surface area contributed by atoms with Crippen LogP contribution in [0.2, 0.25) is 0 Å². The number of nitrogens with zero attached hydrogens (tertiary/aromatic N) is 4. The minimum absolute atomic E-state index is 0.193. The summed E-state index contributed by atoms with van der Waals surface area (Å²) in [5.41, 5.74) is 2.51. The first kappa shape index (κ1) is 18.7. The van der Waals surface area contributed by atoms with Crippen LogP contribution in [0.3, 0.4) is 0 Å². The van der Waals surface area contributed by atoms with Gasteiger partial charge in [-0.2, -0.15) is 0 Å². The Bertz CT molecular complexity index is 989. The molecule has 0 saturated carbocycles. The van der Waals surface area contributed by atoms with Crippen LogP contribution in [0.25, 0.3) is 5.69 Å². The third kappa shape index (κ3) is 4.13. The van der Waals surface area contributed by atoms with Crippen LogP contribution < -0.4 is 19.5 Å². The van der Waals surface area contributed by atoms with Crippen molar-refractivity contribution in [1.82, 2.24) is 20.2 Å². The zero-order valence-corrected chi connectivity index (χ0v) is 16.2. The number of carbonyl (C=O) groups excluding carboxylic acids is 1. The number of rotatable bonds is 7. The average molecular weight is 395 g/mol. The summed E-state index contributed by atoms with van der Waals surface area (Å²) in [4.78, 5) is 12.7. The molecule has 4 rings (SSSR count). The molecule has 3 aromatic rings. The lowest BCUT2D eigenvalue weighted by Gasteiger charge is -2.17. The summed E-state index contributed by atoms with van der Waals surface area (Å²) in [6.07, 6.45) is 2.59. The molecule has 1 aliphatic rings. The van der Waals surface area contributed by atoms with E-state index in [2.05, 4.69) is 27.8 Å². The summed E-state index contributed by atoms with van der Waals surface area (Å²) in [5, 5.41) is 14.0. The highest BCUT2D eigenvalue weighted by Gasteiger charge is 2.21. The molecule has 1 amide bonds. The lowest BCUT2D eigenvalue weighted by molar-refractivity contribution is -0.122. The van der Waals surface area contributed by atoms with Crippen LogP contribution in [0, 0.1) is 0 Å². The molecule has 1 N–H and O–H groups in total. The average Bonchev–Trinajstić information content (AvgIpc) is 3.40. The zero-order chi connectivity index (χ0) is 20.2. The minimum atomic E-state index is -0.686. The van der Waals surface area contributed by atoms with Gasteiger partial charge in [0.05, 0.1) is 5.69 Å². The molecule has 0 radical (unpaired) electrons. The molecule has 150 valence electrons. The lowest BCUT2D eigenvalue weighted by atomic mass is 10.1. The number of nitrogens with one attached hydrogen (secondary N) is 1. The largest absolute Gasteiger partial charge is 0.481 e. The van der Waals surface area contributed by atoms with Crippen LogP contribution in [-0.2, 0) is 11.2 Å². The Morgan fingerprint density at radius 2 is 2.00 bits per heavy atom. The molecule has 2 aromatic carbocycles. The molecule has 1 aliphatic heterocycles. The standard InChI is InChI=1S/C20H21N5O4/c1-3-4-14-9-18-19(28-12-27-18)10-17(14)22-20(26)13(2)29-16-7-5-15(6-8-16)25-11-21-23-24-25/h5-11,13H,3-4,12H2,1-2H3,(H,22,26)/t13-/m0/s1. The van der Waals surface area contributed by atoms with Crippen molar-refractivity contribution in [2.24, 2.45) is 0 Å². The third-order valence-electron chi connectivity index (χ3n) is 4.51. The van der Waals surface area contributed by atoms with Crippen LogP contribution in [0.1, 0.15) is 25.8 Å². The first-order valence-corrected chi connectivity index (χ1v) is 9.37. The number of benzene rings is 2. The van der Waals surface area contributed by atoms with Crippen LogP contribution in [0.5, 0.6) is 17.2 Å². The number of aromatic nitrogens is 4. The lowest BCUT2D eigenvalue weighted by Crippen LogP contribution is -2.30. The van der Waals surface area contributed by atoms with Crippen molar-refractivity contribution in [3.8, 4) is 22.9 Å². The van der Waals surface area contributed by atoms with Gasteiger partial charge in [0, 0.05) is 11.8 Å². The Hall–Kier alpha value is -3.62. The van der Waals surface area contributed by atoms with Crippen molar-refractivity contribution in [2.75, 3.05) is 12.1 Å². The third-order valence-corrected chi connectivity index (χ3v) is 4.51. The molecule has 9 nitrogen and oxygen atoms in total. The van der Waals surface area contributed by atoms with Gasteiger partial charge in [-0.15, -0.1) is 5.10 Å². The Kier molecular flexibility index (Phi) is 5.28. The number of tetrazole rings is 1. The van der Waals surface area contributed by atoms with Crippen molar-refractivity contribution in [3.63, 3.8) is 0 Å². The normalized spacial score (nSPS) is 13.2. The van der Waals surface area contributed by atoms with Gasteiger partial charge < -0.3 is 19.5 Å². The molecule has 2 heterocycles. The highest BCUT2D eigenvalue weighted by atomic mass is 16.7. The predicted molar refractivity (Wildman–Crippen MR) is 104 cm³/mol. The fourth-order valence-electron chi connectivity index (χ4n) is 3.03. The Labute approximate surface area is 167 Å². The first-order valence-electron chi connectivity index (χ1n) is 9.37. The molecule has 0 bridgehead atoms. The Balaban J connectivity index is 1.43. The van der Waals surface area contributed by atoms with E-state index in [-0.39, 0.29) is 12.7 Å². The summed E-state index contributed by atoms with van der Waals surface area (Å²) in [6, 6.07) is 10.9. The van der Waals surface area contributed by atoms with E-state index in [0.29, 0.717) is 22.9 Å². The number of fused-ring (bicyclic) bond motifs is 1. The molecule has 0 fully saturated rings. The fraction of sp³-hybridized carbons (Fsp3) is 0.300. The van der Waals surface area contributed by atoms with Gasteiger partial charge in [-0.3, -0.25) is 4.79 Å². The van der Waals surface area contributed by atoms with E-state index in [9.17, 15) is 4.79 Å². The van der Waals surface area contributed by atoms with Gasteiger partial charge in [0.25, 0.3) is 5.91 Å². The molecule has 0 unspecified atom stereocenters. The zero-order valence-electron chi connectivity index (χ0n) is 16.2. The summed E-state index contributed by atoms with van der Waals surface area (Å²) < 4.78 is 18.2. The SMILES string of the molecule is CCCc1cc2c(cc1NC(=O)[C@H](C)Oc1ccc(-n3cnnn3)cc1)OCO2. The van der Waals surface area contributed by atoms with E-state index >= 15 is 0 Å². The van der Waals surface area contributed by atoms with Gasteiger partial charge in [0.2, 0.25) is 6.79 Å². The van der Waals surface area contributed by atoms with Gasteiger partial charge in [-0.05, 0) is 59.7 Å². The van der Waals surface area contributed by atoms with Gasteiger partial charge in [-0.1, -0.05) is 13.3 Å². The van der Waals surface area contributed by atoms with E-state index < -0.39 is 6.10 Å². The van der Waals surface area contributed by atoms with Crippen LogP contribution in [-0.4, -0.2) is 39.0 Å². The second-order valence-electron chi connectivity index (χ2n) is 6.61. The molecule has 0 saturated heterocycles. The molecule has 29 heavy (non-hydrogen) atoms. The summed E-state index contributed by atoms with van der Waals surface area (Å²) >= 11 is 0.